The van der Waals surface area contributed by atoms with Crippen molar-refractivity contribution in [2.24, 2.45) is 0 Å². The van der Waals surface area contributed by atoms with E-state index in [0.29, 0.717) is 27.8 Å². The lowest BCUT2D eigenvalue weighted by atomic mass is 10.1. The van der Waals surface area contributed by atoms with E-state index in [1.165, 1.54) is 0 Å². The van der Waals surface area contributed by atoms with Crippen LogP contribution in [-0.2, 0) is 11.2 Å². The number of rotatable bonds is 5. The summed E-state index contributed by atoms with van der Waals surface area (Å²) < 4.78 is 7.07. The first-order chi connectivity index (χ1) is 14.4. The number of aromatic nitrogens is 3. The lowest BCUT2D eigenvalue weighted by molar-refractivity contribution is -0.115. The molecular weight excluding hydrogens is 425 g/mol. The van der Waals surface area contributed by atoms with E-state index >= 15 is 0 Å². The lowest BCUT2D eigenvalue weighted by Gasteiger charge is -2.08. The Morgan fingerprint density at radius 3 is 2.73 bits per heavy atom. The number of nitrogen functional groups attached to an aromatic ring is 1. The Morgan fingerprint density at radius 1 is 1.17 bits per heavy atom. The number of ether oxygens (including phenoxy) is 1. The number of carbonyl (C=O) groups excluding carboxylic acids is 1. The molecule has 0 spiro atoms. The minimum atomic E-state index is -0.266. The van der Waals surface area contributed by atoms with E-state index in [9.17, 15) is 4.79 Å². The summed E-state index contributed by atoms with van der Waals surface area (Å²) >= 11 is 12.2. The quantitative estimate of drug-likeness (QED) is 0.445. The van der Waals surface area contributed by atoms with Gasteiger partial charge in [-0.2, -0.15) is 0 Å². The highest BCUT2D eigenvalue weighted by Gasteiger charge is 2.14. The Labute approximate surface area is 182 Å². The molecule has 7 nitrogen and oxygen atoms in total. The van der Waals surface area contributed by atoms with Gasteiger partial charge in [0.2, 0.25) is 5.91 Å². The predicted molar refractivity (Wildman–Crippen MR) is 118 cm³/mol. The highest BCUT2D eigenvalue weighted by molar-refractivity contribution is 6.33. The third kappa shape index (κ3) is 4.03. The highest BCUT2D eigenvalue weighted by atomic mass is 35.5. The SMILES string of the molecule is COc1ccc(-c2cccn3cc(CC(=O)Nc4ccc(Cl)nc4N)nc23)c(Cl)c1. The molecule has 152 valence electrons. The number of hydrogen-bond donors (Lipinski definition) is 2. The first kappa shape index (κ1) is 20.0. The molecule has 3 N–H and O–H groups in total. The van der Waals surface area contributed by atoms with Crippen molar-refractivity contribution in [3.05, 3.63) is 70.7 Å². The molecule has 4 rings (SSSR count). The monoisotopic (exact) mass is 441 g/mol. The Morgan fingerprint density at radius 2 is 2.00 bits per heavy atom. The van der Waals surface area contributed by atoms with Crippen LogP contribution in [0.25, 0.3) is 16.8 Å². The summed E-state index contributed by atoms with van der Waals surface area (Å²) in [7, 11) is 1.59. The Balaban J connectivity index is 1.61. The molecule has 9 heteroatoms. The third-order valence-electron chi connectivity index (χ3n) is 4.51. The van der Waals surface area contributed by atoms with E-state index in [4.69, 9.17) is 33.7 Å². The number of pyridine rings is 2. The van der Waals surface area contributed by atoms with Crippen LogP contribution in [0, 0.1) is 0 Å². The molecule has 3 heterocycles. The molecule has 0 fully saturated rings. The first-order valence-corrected chi connectivity index (χ1v) is 9.72. The van der Waals surface area contributed by atoms with Gasteiger partial charge >= 0.3 is 0 Å². The van der Waals surface area contributed by atoms with Crippen LogP contribution in [-0.4, -0.2) is 27.4 Å². The van der Waals surface area contributed by atoms with Crippen molar-refractivity contribution in [3.8, 4) is 16.9 Å². The molecule has 1 amide bonds. The zero-order chi connectivity index (χ0) is 21.3. The number of nitrogens with zero attached hydrogens (tertiary/aromatic N) is 3. The van der Waals surface area contributed by atoms with Gasteiger partial charge in [-0.3, -0.25) is 4.79 Å². The van der Waals surface area contributed by atoms with Gasteiger partial charge in [0, 0.05) is 23.5 Å². The smallest absolute Gasteiger partial charge is 0.230 e. The van der Waals surface area contributed by atoms with Crippen molar-refractivity contribution in [3.63, 3.8) is 0 Å². The molecule has 0 aliphatic carbocycles. The van der Waals surface area contributed by atoms with Gasteiger partial charge in [0.15, 0.2) is 0 Å². The van der Waals surface area contributed by atoms with E-state index in [1.54, 1.807) is 31.5 Å². The number of hydrogen-bond acceptors (Lipinski definition) is 5. The summed E-state index contributed by atoms with van der Waals surface area (Å²) in [6.07, 6.45) is 3.74. The summed E-state index contributed by atoms with van der Waals surface area (Å²) in [5.74, 6) is 0.563. The van der Waals surface area contributed by atoms with E-state index in [0.717, 1.165) is 11.1 Å². The molecule has 30 heavy (non-hydrogen) atoms. The maximum atomic E-state index is 12.5. The number of fused-ring (bicyclic) bond motifs is 1. The number of nitrogens with two attached hydrogens (primary N) is 1. The summed E-state index contributed by atoms with van der Waals surface area (Å²) in [5, 5.41) is 3.54. The summed E-state index contributed by atoms with van der Waals surface area (Å²) in [5.41, 5.74) is 9.16. The molecule has 0 saturated carbocycles. The largest absolute Gasteiger partial charge is 0.497 e. The number of benzene rings is 1. The van der Waals surface area contributed by atoms with Crippen molar-refractivity contribution in [1.29, 1.82) is 0 Å². The minimum absolute atomic E-state index is 0.0690. The molecule has 4 aromatic rings. The minimum Gasteiger partial charge on any atom is -0.497 e. The molecule has 0 saturated heterocycles. The fourth-order valence-electron chi connectivity index (χ4n) is 3.12. The number of amides is 1. The topological polar surface area (TPSA) is 94.5 Å². The van der Waals surface area contributed by atoms with Crippen LogP contribution < -0.4 is 15.8 Å². The van der Waals surface area contributed by atoms with Crippen LogP contribution in [0.5, 0.6) is 5.75 Å². The van der Waals surface area contributed by atoms with E-state index < -0.39 is 0 Å². The summed E-state index contributed by atoms with van der Waals surface area (Å²) in [4.78, 5) is 21.0. The van der Waals surface area contributed by atoms with Crippen molar-refractivity contribution < 1.29 is 9.53 Å². The van der Waals surface area contributed by atoms with Crippen molar-refractivity contribution in [2.45, 2.75) is 6.42 Å². The van der Waals surface area contributed by atoms with Crippen molar-refractivity contribution >= 4 is 46.3 Å². The zero-order valence-electron chi connectivity index (χ0n) is 15.9. The molecule has 0 atom stereocenters. The number of methoxy groups -OCH3 is 1. The van der Waals surface area contributed by atoms with Crippen LogP contribution in [0.2, 0.25) is 10.2 Å². The van der Waals surface area contributed by atoms with Gasteiger partial charge in [-0.1, -0.05) is 23.2 Å². The maximum Gasteiger partial charge on any atom is 0.230 e. The third-order valence-corrected chi connectivity index (χ3v) is 5.03. The molecule has 1 aromatic carbocycles. The Bertz CT molecular complexity index is 1260. The second-order valence-corrected chi connectivity index (χ2v) is 7.32. The Kier molecular flexibility index (Phi) is 5.48. The molecule has 0 radical (unpaired) electrons. The summed E-state index contributed by atoms with van der Waals surface area (Å²) in [6, 6.07) is 12.5. The van der Waals surface area contributed by atoms with Gasteiger partial charge in [-0.25, -0.2) is 9.97 Å². The van der Waals surface area contributed by atoms with E-state index in [2.05, 4.69) is 15.3 Å². The molecular formula is C21H17Cl2N5O2. The maximum absolute atomic E-state index is 12.5. The first-order valence-electron chi connectivity index (χ1n) is 8.97. The van der Waals surface area contributed by atoms with Gasteiger partial charge in [-0.05, 0) is 42.5 Å². The molecule has 0 unspecified atom stereocenters. The van der Waals surface area contributed by atoms with E-state index in [-0.39, 0.29) is 23.3 Å². The van der Waals surface area contributed by atoms with Gasteiger partial charge in [0.1, 0.15) is 22.4 Å². The average molecular weight is 442 g/mol. The van der Waals surface area contributed by atoms with E-state index in [1.807, 2.05) is 34.9 Å². The highest BCUT2D eigenvalue weighted by Crippen LogP contribution is 2.33. The molecule has 0 aliphatic heterocycles. The van der Waals surface area contributed by atoms with Gasteiger partial charge < -0.3 is 20.2 Å². The van der Waals surface area contributed by atoms with Gasteiger partial charge in [0.05, 0.1) is 29.9 Å². The van der Waals surface area contributed by atoms with Crippen LogP contribution >= 0.6 is 23.2 Å². The van der Waals surface area contributed by atoms with Crippen LogP contribution in [0.3, 0.4) is 0 Å². The van der Waals surface area contributed by atoms with Gasteiger partial charge in [0.25, 0.3) is 0 Å². The number of nitrogens with one attached hydrogen (secondary N) is 1. The lowest BCUT2D eigenvalue weighted by Crippen LogP contribution is -2.16. The fraction of sp³-hybridized carbons (Fsp3) is 0.0952. The second kappa shape index (κ2) is 8.22. The number of halogens is 2. The molecule has 0 aliphatic rings. The fourth-order valence-corrected chi connectivity index (χ4v) is 3.54. The van der Waals surface area contributed by atoms with Crippen molar-refractivity contribution in [1.82, 2.24) is 14.4 Å². The van der Waals surface area contributed by atoms with Crippen LogP contribution in [0.15, 0.2) is 54.9 Å². The number of carbonyl (C=O) groups is 1. The summed E-state index contributed by atoms with van der Waals surface area (Å²) in [6.45, 7) is 0. The Hall–Kier alpha value is -3.29. The van der Waals surface area contributed by atoms with Crippen molar-refractivity contribution in [2.75, 3.05) is 18.2 Å². The molecule has 3 aromatic heterocycles. The second-order valence-electron chi connectivity index (χ2n) is 6.52. The predicted octanol–water partition coefficient (Wildman–Crippen LogP) is 4.48. The molecule has 0 bridgehead atoms. The van der Waals surface area contributed by atoms with Crippen LogP contribution in [0.4, 0.5) is 11.5 Å². The standard InChI is InChI=1S/C21H17Cl2N5O2/c1-30-13-4-5-14(16(22)10-13)15-3-2-8-28-11-12(25-21(15)28)9-19(29)26-17-6-7-18(23)27-20(17)24/h2-8,10-11H,9H2,1H3,(H2,24,27)(H,26,29). The average Bonchev–Trinajstić information content (AvgIpc) is 3.12. The normalized spacial score (nSPS) is 10.9. The van der Waals surface area contributed by atoms with Crippen LogP contribution in [0.1, 0.15) is 5.69 Å². The number of imidazole rings is 1. The number of anilines is 2. The zero-order valence-corrected chi connectivity index (χ0v) is 17.4. The van der Waals surface area contributed by atoms with Gasteiger partial charge in [-0.15, -0.1) is 0 Å².